The zero-order valence-corrected chi connectivity index (χ0v) is 14.6. The Morgan fingerprint density at radius 1 is 0.857 bits per heavy atom. The van der Waals surface area contributed by atoms with Crippen molar-refractivity contribution in [3.63, 3.8) is 0 Å². The van der Waals surface area contributed by atoms with Crippen LogP contribution in [-0.4, -0.2) is 15.7 Å². The van der Waals surface area contributed by atoms with Gasteiger partial charge in [-0.2, -0.15) is 0 Å². The number of pyridine rings is 1. The molecule has 0 fully saturated rings. The Balaban J connectivity index is 1.74. The molecule has 6 nitrogen and oxygen atoms in total. The Morgan fingerprint density at radius 3 is 2.43 bits per heavy atom. The van der Waals surface area contributed by atoms with Crippen molar-refractivity contribution in [2.75, 3.05) is 0 Å². The van der Waals surface area contributed by atoms with Gasteiger partial charge in [-0.25, -0.2) is 0 Å². The van der Waals surface area contributed by atoms with Crippen LogP contribution < -0.4 is 4.74 Å². The fourth-order valence-electron chi connectivity index (χ4n) is 2.92. The number of carbonyl (C=O) groups is 1. The molecule has 0 bridgehead atoms. The van der Waals surface area contributed by atoms with Crippen LogP contribution in [0.4, 0.5) is 5.69 Å². The van der Waals surface area contributed by atoms with Gasteiger partial charge in [-0.15, -0.1) is 0 Å². The van der Waals surface area contributed by atoms with Crippen LogP contribution in [0.5, 0.6) is 11.5 Å². The molecule has 3 aromatic carbocycles. The predicted octanol–water partition coefficient (Wildman–Crippen LogP) is 5.17. The van der Waals surface area contributed by atoms with Gasteiger partial charge < -0.3 is 4.74 Å². The van der Waals surface area contributed by atoms with E-state index < -0.39 is 4.92 Å². The first-order valence-corrected chi connectivity index (χ1v) is 8.53. The van der Waals surface area contributed by atoms with Gasteiger partial charge in [0.05, 0.1) is 4.92 Å². The van der Waals surface area contributed by atoms with E-state index >= 15 is 0 Å². The summed E-state index contributed by atoms with van der Waals surface area (Å²) < 4.78 is 5.81. The first kappa shape index (κ1) is 17.4. The lowest BCUT2D eigenvalue weighted by Crippen LogP contribution is -2.03. The molecule has 6 heteroatoms. The van der Waals surface area contributed by atoms with Crippen LogP contribution in [0.15, 0.2) is 85.1 Å². The average Bonchev–Trinajstić information content (AvgIpc) is 2.74. The summed E-state index contributed by atoms with van der Waals surface area (Å²) in [4.78, 5) is 27.9. The number of para-hydroxylation sites is 1. The van der Waals surface area contributed by atoms with E-state index in [1.165, 1.54) is 18.2 Å². The van der Waals surface area contributed by atoms with Gasteiger partial charge in [0.1, 0.15) is 5.52 Å². The number of rotatable bonds is 5. The lowest BCUT2D eigenvalue weighted by atomic mass is 10.0. The number of nitrogens with zero attached hydrogens (tertiary/aromatic N) is 2. The zero-order chi connectivity index (χ0) is 19.5. The van der Waals surface area contributed by atoms with Gasteiger partial charge >= 0.3 is 5.69 Å². The lowest BCUT2D eigenvalue weighted by molar-refractivity contribution is -0.385. The summed E-state index contributed by atoms with van der Waals surface area (Å²) in [7, 11) is 0. The minimum absolute atomic E-state index is 0.0489. The SMILES string of the molecule is O=C(c1ccccc1)c1ccc(Oc2cccc3cccnc23)c([N+](=O)[O-])c1. The first-order chi connectivity index (χ1) is 13.6. The largest absolute Gasteiger partial charge is 0.448 e. The van der Waals surface area contributed by atoms with Gasteiger partial charge in [0.2, 0.25) is 5.75 Å². The maximum Gasteiger partial charge on any atom is 0.312 e. The fraction of sp³-hybridized carbons (Fsp3) is 0. The van der Waals surface area contributed by atoms with Crippen LogP contribution in [0.25, 0.3) is 10.9 Å². The minimum Gasteiger partial charge on any atom is -0.448 e. The van der Waals surface area contributed by atoms with Crippen molar-refractivity contribution in [1.29, 1.82) is 0 Å². The zero-order valence-electron chi connectivity index (χ0n) is 14.6. The molecule has 0 saturated carbocycles. The molecule has 0 unspecified atom stereocenters. The summed E-state index contributed by atoms with van der Waals surface area (Å²) >= 11 is 0. The molecule has 0 aliphatic rings. The van der Waals surface area contributed by atoms with Crippen molar-refractivity contribution in [3.05, 3.63) is 106 Å². The fourth-order valence-corrected chi connectivity index (χ4v) is 2.92. The molecule has 0 saturated heterocycles. The summed E-state index contributed by atoms with van der Waals surface area (Å²) in [5, 5.41) is 12.4. The first-order valence-electron chi connectivity index (χ1n) is 8.53. The molecule has 28 heavy (non-hydrogen) atoms. The van der Waals surface area contributed by atoms with Gasteiger partial charge in [0.15, 0.2) is 11.5 Å². The molecule has 4 rings (SSSR count). The van der Waals surface area contributed by atoms with Gasteiger partial charge in [-0.3, -0.25) is 19.9 Å². The quantitative estimate of drug-likeness (QED) is 0.275. The van der Waals surface area contributed by atoms with E-state index in [0.29, 0.717) is 16.8 Å². The van der Waals surface area contributed by atoms with Crippen molar-refractivity contribution < 1.29 is 14.5 Å². The molecule has 1 aromatic heterocycles. The number of hydrogen-bond acceptors (Lipinski definition) is 5. The van der Waals surface area contributed by atoms with Crippen LogP contribution in [0.1, 0.15) is 15.9 Å². The summed E-state index contributed by atoms with van der Waals surface area (Å²) in [6, 6.07) is 21.9. The highest BCUT2D eigenvalue weighted by Gasteiger charge is 2.21. The van der Waals surface area contributed by atoms with Gasteiger partial charge in [-0.05, 0) is 24.3 Å². The number of hydrogen-bond donors (Lipinski definition) is 0. The summed E-state index contributed by atoms with van der Waals surface area (Å²) in [6.45, 7) is 0. The number of carbonyl (C=O) groups excluding carboxylic acids is 1. The maximum absolute atomic E-state index is 12.6. The lowest BCUT2D eigenvalue weighted by Gasteiger charge is -2.09. The smallest absolute Gasteiger partial charge is 0.312 e. The Labute approximate surface area is 160 Å². The monoisotopic (exact) mass is 370 g/mol. The highest BCUT2D eigenvalue weighted by atomic mass is 16.6. The number of nitro groups is 1. The number of nitro benzene ring substituents is 1. The Kier molecular flexibility index (Phi) is 4.51. The van der Waals surface area contributed by atoms with Crippen LogP contribution in [0, 0.1) is 10.1 Å². The van der Waals surface area contributed by atoms with E-state index in [1.807, 2.05) is 12.1 Å². The molecular formula is C22H14N2O4. The van der Waals surface area contributed by atoms with Crippen LogP contribution >= 0.6 is 0 Å². The third-order valence-electron chi connectivity index (χ3n) is 4.27. The third kappa shape index (κ3) is 3.31. The molecule has 0 radical (unpaired) electrons. The predicted molar refractivity (Wildman–Crippen MR) is 105 cm³/mol. The Hall–Kier alpha value is -4.06. The van der Waals surface area contributed by atoms with E-state index in [2.05, 4.69) is 4.98 Å². The highest BCUT2D eigenvalue weighted by Crippen LogP contribution is 2.35. The third-order valence-corrected chi connectivity index (χ3v) is 4.27. The second kappa shape index (κ2) is 7.28. The number of ketones is 1. The van der Waals surface area contributed by atoms with Crippen molar-refractivity contribution in [3.8, 4) is 11.5 Å². The maximum atomic E-state index is 12.6. The number of fused-ring (bicyclic) bond motifs is 1. The van der Waals surface area contributed by atoms with Crippen LogP contribution in [0.3, 0.4) is 0 Å². The molecule has 0 spiro atoms. The molecule has 4 aromatic rings. The summed E-state index contributed by atoms with van der Waals surface area (Å²) in [5.74, 6) is 0.165. The van der Waals surface area contributed by atoms with Crippen LogP contribution in [-0.2, 0) is 0 Å². The van der Waals surface area contributed by atoms with Crippen molar-refractivity contribution in [1.82, 2.24) is 4.98 Å². The summed E-state index contributed by atoms with van der Waals surface area (Å²) in [6.07, 6.45) is 1.63. The standard InChI is InChI=1S/C22H14N2O4/c25-22(16-6-2-1-3-7-16)17-11-12-19(18(14-17)24(26)27)28-20-10-4-8-15-9-5-13-23-21(15)20/h1-14H. The van der Waals surface area contributed by atoms with Crippen molar-refractivity contribution in [2.24, 2.45) is 0 Å². The molecule has 0 atom stereocenters. The van der Waals surface area contributed by atoms with E-state index in [4.69, 9.17) is 4.74 Å². The van der Waals surface area contributed by atoms with Crippen LogP contribution in [0.2, 0.25) is 0 Å². The van der Waals surface area contributed by atoms with Gasteiger partial charge in [0, 0.05) is 28.8 Å². The van der Waals surface area contributed by atoms with Crippen molar-refractivity contribution >= 4 is 22.4 Å². The Morgan fingerprint density at radius 2 is 1.64 bits per heavy atom. The number of benzene rings is 3. The van der Waals surface area contributed by atoms with E-state index in [1.54, 1.807) is 54.7 Å². The molecule has 0 N–H and O–H groups in total. The molecule has 0 amide bonds. The second-order valence-electron chi connectivity index (χ2n) is 6.07. The van der Waals surface area contributed by atoms with E-state index in [-0.39, 0.29) is 22.8 Å². The van der Waals surface area contributed by atoms with E-state index in [0.717, 1.165) is 5.39 Å². The highest BCUT2D eigenvalue weighted by molar-refractivity contribution is 6.09. The van der Waals surface area contributed by atoms with E-state index in [9.17, 15) is 14.9 Å². The second-order valence-corrected chi connectivity index (χ2v) is 6.07. The molecular weight excluding hydrogens is 356 g/mol. The minimum atomic E-state index is -0.560. The average molecular weight is 370 g/mol. The normalized spacial score (nSPS) is 10.6. The number of aromatic nitrogens is 1. The van der Waals surface area contributed by atoms with Gasteiger partial charge in [-0.1, -0.05) is 48.5 Å². The molecule has 0 aliphatic carbocycles. The molecule has 1 heterocycles. The molecule has 136 valence electrons. The topological polar surface area (TPSA) is 82.3 Å². The number of ether oxygens (including phenoxy) is 1. The van der Waals surface area contributed by atoms with Gasteiger partial charge in [0.25, 0.3) is 0 Å². The Bertz CT molecular complexity index is 1180. The molecule has 0 aliphatic heterocycles. The summed E-state index contributed by atoms with van der Waals surface area (Å²) in [5.41, 5.74) is 1.00. The van der Waals surface area contributed by atoms with Crippen molar-refractivity contribution in [2.45, 2.75) is 0 Å².